The second kappa shape index (κ2) is 23.8. The number of aryl methyl sites for hydroxylation is 2. The van der Waals surface area contributed by atoms with Gasteiger partial charge in [-0.1, -0.05) is 32.9 Å². The highest BCUT2D eigenvalue weighted by atomic mass is 16.7. The number of carbonyl (C=O) groups is 7. The van der Waals surface area contributed by atoms with Gasteiger partial charge in [0, 0.05) is 47.7 Å². The molecule has 79 heavy (non-hydrogen) atoms. The molecule has 4 aromatic rings. The van der Waals surface area contributed by atoms with E-state index in [4.69, 9.17) is 28.7 Å². The number of phenols is 1. The van der Waals surface area contributed by atoms with Crippen molar-refractivity contribution in [3.8, 4) is 17.1 Å². The Labute approximate surface area is 457 Å². The zero-order valence-electron chi connectivity index (χ0n) is 46.1. The molecule has 0 bridgehead atoms. The molecule has 1 aliphatic carbocycles. The first kappa shape index (κ1) is 57.6. The van der Waals surface area contributed by atoms with Gasteiger partial charge in [-0.2, -0.15) is 0 Å². The second-order valence-electron chi connectivity index (χ2n) is 22.4. The number of nitrogens with zero attached hydrogens (tertiary/aromatic N) is 6. The number of aromatic hydroxyl groups is 1. The standard InChI is InChI=1S/C56H71N9O14/c1-9-37-38-21-36(66)15-16-42(38)59-49-39(37)26-64-44(49)22-41-40(51(64)72)27-76-52(73)56(41,10-2)79-53(74)77-28-43(32(3)4)58-45(67)29-75-30-46(68)60-54(5,6)31-78-55(7,8)19-20-63-25-35(61-62-63)23-57-50(71)34-13-11-33(12-14-34)24-65-47(69)17-18-48(65)70/h15-18,21-22,25,32-34,43,66H,9-14,19-20,23-24,26-31H2,1-8H3,(H,57,71)(H,58,67)(H,60,68). The van der Waals surface area contributed by atoms with Crippen molar-refractivity contribution in [2.24, 2.45) is 17.8 Å². The van der Waals surface area contributed by atoms with Crippen LogP contribution in [0.3, 0.4) is 0 Å². The Morgan fingerprint density at radius 3 is 2.37 bits per heavy atom. The number of carbonyl (C=O) groups excluding carboxylic acids is 7. The maximum absolute atomic E-state index is 14.1. The summed E-state index contributed by atoms with van der Waals surface area (Å²) in [6.07, 6.45) is 7.05. The van der Waals surface area contributed by atoms with Gasteiger partial charge in [0.1, 0.15) is 37.9 Å². The van der Waals surface area contributed by atoms with Crippen molar-refractivity contribution in [1.82, 2.24) is 45.4 Å². The molecule has 2 unspecified atom stereocenters. The first-order chi connectivity index (χ1) is 37.5. The summed E-state index contributed by atoms with van der Waals surface area (Å²) in [6, 6.07) is 5.82. The van der Waals surface area contributed by atoms with Gasteiger partial charge in [0.05, 0.1) is 65.5 Å². The topological polar surface area (TPSA) is 291 Å². The number of esters is 1. The number of hydrogen-bond donors (Lipinski definition) is 4. The van der Waals surface area contributed by atoms with Gasteiger partial charge in [-0.3, -0.25) is 38.3 Å². The van der Waals surface area contributed by atoms with E-state index in [1.165, 1.54) is 23.1 Å². The van der Waals surface area contributed by atoms with Gasteiger partial charge in [0.2, 0.25) is 23.3 Å². The predicted molar refractivity (Wildman–Crippen MR) is 283 cm³/mol. The third kappa shape index (κ3) is 13.2. The third-order valence-corrected chi connectivity index (χ3v) is 15.2. The minimum absolute atomic E-state index is 0.0600. The van der Waals surface area contributed by atoms with Crippen molar-refractivity contribution in [3.63, 3.8) is 0 Å². The minimum atomic E-state index is -2.03. The Morgan fingerprint density at radius 2 is 1.67 bits per heavy atom. The number of ether oxygens (including phenoxy) is 5. The molecule has 0 spiro atoms. The number of nitrogens with one attached hydrogen (secondary N) is 3. The molecule has 4 N–H and O–H groups in total. The summed E-state index contributed by atoms with van der Waals surface area (Å²) in [5, 5.41) is 28.0. The van der Waals surface area contributed by atoms with Gasteiger partial charge in [-0.05, 0) is 114 Å². The van der Waals surface area contributed by atoms with Crippen molar-refractivity contribution in [1.29, 1.82) is 0 Å². The number of pyridine rings is 2. The molecule has 424 valence electrons. The van der Waals surface area contributed by atoms with Crippen LogP contribution in [0, 0.1) is 17.8 Å². The van der Waals surface area contributed by atoms with Gasteiger partial charge in [0.25, 0.3) is 17.4 Å². The van der Waals surface area contributed by atoms with E-state index in [2.05, 4.69) is 26.3 Å². The fourth-order valence-electron chi connectivity index (χ4n) is 10.5. The number of imide groups is 1. The van der Waals surface area contributed by atoms with Gasteiger partial charge in [0.15, 0.2) is 0 Å². The van der Waals surface area contributed by atoms with Gasteiger partial charge in [-0.15, -0.1) is 5.10 Å². The van der Waals surface area contributed by atoms with Crippen LogP contribution < -0.4 is 21.5 Å². The zero-order valence-corrected chi connectivity index (χ0v) is 46.1. The van der Waals surface area contributed by atoms with Crippen LogP contribution in [-0.2, 0) is 90.7 Å². The largest absolute Gasteiger partial charge is 0.509 e. The zero-order chi connectivity index (χ0) is 57.0. The lowest BCUT2D eigenvalue weighted by Crippen LogP contribution is -2.50. The quantitative estimate of drug-likeness (QED) is 0.0521. The number of amides is 5. The van der Waals surface area contributed by atoms with Gasteiger partial charge in [-0.25, -0.2) is 14.6 Å². The summed E-state index contributed by atoms with van der Waals surface area (Å²) in [4.78, 5) is 110. The van der Waals surface area contributed by atoms with Crippen LogP contribution in [0.4, 0.5) is 4.79 Å². The molecule has 1 fully saturated rings. The fraction of sp³-hybridized carbons (Fsp3) is 0.554. The van der Waals surface area contributed by atoms with Crippen molar-refractivity contribution >= 4 is 52.6 Å². The molecule has 1 aromatic carbocycles. The molecule has 23 nitrogen and oxygen atoms in total. The smallest absolute Gasteiger partial charge is 0.508 e. The van der Waals surface area contributed by atoms with E-state index < -0.39 is 65.5 Å². The monoisotopic (exact) mass is 1090 g/mol. The number of aromatic nitrogens is 5. The lowest BCUT2D eigenvalue weighted by molar-refractivity contribution is -0.175. The fourth-order valence-corrected chi connectivity index (χ4v) is 10.5. The maximum atomic E-state index is 14.1. The highest BCUT2D eigenvalue weighted by Gasteiger charge is 2.51. The minimum Gasteiger partial charge on any atom is -0.508 e. The Bertz CT molecular complexity index is 3100. The third-order valence-electron chi connectivity index (χ3n) is 15.2. The molecule has 23 heteroatoms. The summed E-state index contributed by atoms with van der Waals surface area (Å²) >= 11 is 0. The second-order valence-corrected chi connectivity index (χ2v) is 22.4. The Kier molecular flexibility index (Phi) is 17.4. The number of phenolic OH excluding ortho intramolecular Hbond substituents is 1. The van der Waals surface area contributed by atoms with Gasteiger partial charge < -0.3 is 49.3 Å². The predicted octanol–water partition coefficient (Wildman–Crippen LogP) is 4.39. The van der Waals surface area contributed by atoms with Crippen LogP contribution in [0.1, 0.15) is 122 Å². The van der Waals surface area contributed by atoms with E-state index in [0.29, 0.717) is 61.4 Å². The van der Waals surface area contributed by atoms with Crippen LogP contribution in [0.2, 0.25) is 0 Å². The average Bonchev–Trinajstić information content (AvgIpc) is 4.29. The summed E-state index contributed by atoms with van der Waals surface area (Å²) in [5.41, 5.74) is 0.395. The molecule has 2 atom stereocenters. The SMILES string of the molecule is CCc1c2c(nc3ccc(O)cc13)-c1cc3c(c(=O)n1C2)COC(=O)C3(CC)OC(=O)OCC(NC(=O)COCC(=O)NC(C)(C)COC(C)(C)CCn1cc(CNC(=O)C2CCC(CN3C(=O)C=CC3=O)CC2)nn1)C(C)C. The highest BCUT2D eigenvalue weighted by molar-refractivity contribution is 6.12. The van der Waals surface area contributed by atoms with Crippen molar-refractivity contribution in [2.75, 3.05) is 33.0 Å². The van der Waals surface area contributed by atoms with Crippen molar-refractivity contribution < 1.29 is 62.4 Å². The van der Waals surface area contributed by atoms with Crippen LogP contribution in [0.15, 0.2) is 47.4 Å². The summed E-state index contributed by atoms with van der Waals surface area (Å²) < 4.78 is 31.8. The van der Waals surface area contributed by atoms with Crippen LogP contribution in [-0.4, -0.2) is 126 Å². The summed E-state index contributed by atoms with van der Waals surface area (Å²) in [6.45, 7) is 14.5. The molecule has 3 aromatic heterocycles. The summed E-state index contributed by atoms with van der Waals surface area (Å²) in [5.74, 6) is -2.69. The average molecular weight is 1090 g/mol. The Hall–Kier alpha value is -7.53. The number of hydrogen-bond acceptors (Lipinski definition) is 17. The maximum Gasteiger partial charge on any atom is 0.509 e. The molecular weight excluding hydrogens is 1020 g/mol. The van der Waals surface area contributed by atoms with Crippen LogP contribution in [0.25, 0.3) is 22.3 Å². The molecule has 3 aliphatic heterocycles. The number of benzene rings is 1. The normalized spacial score (nSPS) is 19.2. The van der Waals surface area contributed by atoms with E-state index in [1.54, 1.807) is 68.3 Å². The molecule has 6 heterocycles. The lowest BCUT2D eigenvalue weighted by Gasteiger charge is -2.35. The number of rotatable bonds is 23. The van der Waals surface area contributed by atoms with Crippen LogP contribution in [0.5, 0.6) is 5.75 Å². The number of fused-ring (bicyclic) bond motifs is 5. The molecule has 8 rings (SSSR count). The summed E-state index contributed by atoms with van der Waals surface area (Å²) in [7, 11) is 0. The van der Waals surface area contributed by atoms with Gasteiger partial charge >= 0.3 is 12.1 Å². The van der Waals surface area contributed by atoms with E-state index in [1.807, 2.05) is 20.8 Å². The molecule has 1 saturated carbocycles. The lowest BCUT2D eigenvalue weighted by atomic mass is 9.81. The Morgan fingerprint density at radius 1 is 0.949 bits per heavy atom. The van der Waals surface area contributed by atoms with Crippen molar-refractivity contribution in [2.45, 2.75) is 149 Å². The van der Waals surface area contributed by atoms with Crippen LogP contribution >= 0.6 is 0 Å². The van der Waals surface area contributed by atoms with E-state index >= 15 is 0 Å². The molecule has 0 saturated heterocycles. The highest BCUT2D eigenvalue weighted by Crippen LogP contribution is 2.43. The molecule has 5 amide bonds. The number of cyclic esters (lactones) is 1. The van der Waals surface area contributed by atoms with E-state index in [-0.39, 0.29) is 91.7 Å². The van der Waals surface area contributed by atoms with E-state index in [0.717, 1.165) is 29.4 Å². The first-order valence-electron chi connectivity index (χ1n) is 27.0. The Balaban J connectivity index is 0.749. The molecule has 0 radical (unpaired) electrons. The molecule has 4 aliphatic rings. The van der Waals surface area contributed by atoms with Crippen molar-refractivity contribution in [3.05, 3.63) is 80.9 Å². The van der Waals surface area contributed by atoms with E-state index in [9.17, 15) is 43.5 Å². The molecular formula is C56H71N9O14. The first-order valence-corrected chi connectivity index (χ1v) is 27.0.